The largest absolute Gasteiger partial charge is 0.417 e. The topological polar surface area (TPSA) is 42.2 Å². The maximum atomic E-state index is 12.6. The Bertz CT molecular complexity index is 450. The van der Waals surface area contributed by atoms with E-state index in [2.05, 4.69) is 0 Å². The van der Waals surface area contributed by atoms with E-state index in [9.17, 15) is 18.0 Å². The van der Waals surface area contributed by atoms with E-state index in [0.29, 0.717) is 0 Å². The monoisotopic (exact) mass is 279 g/mol. The predicted octanol–water partition coefficient (Wildman–Crippen LogP) is 3.01. The fraction of sp³-hybridized carbons (Fsp3) is 0.615. The van der Waals surface area contributed by atoms with E-state index < -0.39 is 17.3 Å². The third-order valence-corrected chi connectivity index (χ3v) is 2.40. The fourth-order valence-electron chi connectivity index (χ4n) is 1.50. The number of alkyl halides is 3. The molecule has 0 spiro atoms. The first-order valence-electron chi connectivity index (χ1n) is 6.19. The van der Waals surface area contributed by atoms with Crippen LogP contribution >= 0.6 is 0 Å². The third kappa shape index (κ3) is 4.70. The smallest absolute Gasteiger partial charge is 0.395 e. The lowest BCUT2D eigenvalue weighted by Gasteiger charge is -2.14. The summed E-state index contributed by atoms with van der Waals surface area (Å²) in [5.74, 6) is -0.297. The van der Waals surface area contributed by atoms with Gasteiger partial charge in [-0.1, -0.05) is 27.7 Å². The van der Waals surface area contributed by atoms with Gasteiger partial charge in [-0.15, -0.1) is 0 Å². The molecule has 1 rings (SSSR count). The third-order valence-electron chi connectivity index (χ3n) is 2.40. The van der Waals surface area contributed by atoms with E-state index in [1.807, 2.05) is 13.8 Å². The Morgan fingerprint density at radius 2 is 1.84 bits per heavy atom. The quantitative estimate of drug-likeness (QED) is 0.924. The lowest BCUT2D eigenvalue weighted by molar-refractivity contribution is -0.138. The minimum Gasteiger partial charge on any atom is -0.395 e. The Morgan fingerprint density at radius 1 is 1.32 bits per heavy atom. The van der Waals surface area contributed by atoms with E-state index in [-0.39, 0.29) is 24.6 Å². The van der Waals surface area contributed by atoms with Gasteiger partial charge < -0.3 is 9.67 Å². The molecule has 0 atom stereocenters. The number of hydrogen-bond donors (Lipinski definition) is 1. The zero-order chi connectivity index (χ0) is 15.2. The molecule has 1 N–H and O–H groups in total. The number of pyridine rings is 1. The number of nitrogens with zero attached hydrogens (tertiary/aromatic N) is 1. The van der Waals surface area contributed by atoms with Crippen LogP contribution in [0.5, 0.6) is 0 Å². The van der Waals surface area contributed by atoms with Gasteiger partial charge >= 0.3 is 6.18 Å². The van der Waals surface area contributed by atoms with Crippen LogP contribution in [0.3, 0.4) is 0 Å². The standard InChI is InChI=1S/C11H14F3NO2.C2H6/c1-7(2)9-5-8(11(12,13)14)6-15(3-4-16)10(9)17;1-2/h5-7,16H,3-4H2,1-2H3;1-2H3. The van der Waals surface area contributed by atoms with Gasteiger partial charge in [0.15, 0.2) is 0 Å². The minimum absolute atomic E-state index is 0.105. The summed E-state index contributed by atoms with van der Waals surface area (Å²) in [7, 11) is 0. The van der Waals surface area contributed by atoms with Crippen molar-refractivity contribution in [3.63, 3.8) is 0 Å². The maximum Gasteiger partial charge on any atom is 0.417 e. The summed E-state index contributed by atoms with van der Waals surface area (Å²) in [6.45, 7) is 6.79. The van der Waals surface area contributed by atoms with Crippen LogP contribution in [0.2, 0.25) is 0 Å². The van der Waals surface area contributed by atoms with E-state index >= 15 is 0 Å². The van der Waals surface area contributed by atoms with Crippen LogP contribution in [0.1, 0.15) is 44.7 Å². The van der Waals surface area contributed by atoms with Crippen molar-refractivity contribution in [2.45, 2.75) is 46.3 Å². The van der Waals surface area contributed by atoms with Crippen molar-refractivity contribution >= 4 is 0 Å². The molecule has 0 fully saturated rings. The van der Waals surface area contributed by atoms with Crippen molar-refractivity contribution in [2.75, 3.05) is 6.61 Å². The first kappa shape index (κ1) is 17.7. The molecule has 1 aromatic heterocycles. The number of aromatic nitrogens is 1. The zero-order valence-electron chi connectivity index (χ0n) is 11.6. The van der Waals surface area contributed by atoms with Gasteiger partial charge in [0.05, 0.1) is 12.2 Å². The number of aliphatic hydroxyl groups excluding tert-OH is 1. The second kappa shape index (κ2) is 7.33. The highest BCUT2D eigenvalue weighted by Gasteiger charge is 2.32. The van der Waals surface area contributed by atoms with Gasteiger partial charge in [-0.2, -0.15) is 13.2 Å². The first-order valence-corrected chi connectivity index (χ1v) is 6.19. The van der Waals surface area contributed by atoms with Crippen LogP contribution in [-0.2, 0) is 12.7 Å². The summed E-state index contributed by atoms with van der Waals surface area (Å²) < 4.78 is 38.7. The molecule has 3 nitrogen and oxygen atoms in total. The summed E-state index contributed by atoms with van der Waals surface area (Å²) in [4.78, 5) is 11.8. The molecule has 0 aliphatic rings. The highest BCUT2D eigenvalue weighted by Crippen LogP contribution is 2.29. The fourth-order valence-corrected chi connectivity index (χ4v) is 1.50. The number of hydrogen-bond acceptors (Lipinski definition) is 2. The molecule has 0 aliphatic heterocycles. The molecule has 0 saturated heterocycles. The normalized spacial score (nSPS) is 11.2. The number of halogens is 3. The van der Waals surface area contributed by atoms with Crippen LogP contribution in [0.15, 0.2) is 17.1 Å². The van der Waals surface area contributed by atoms with Crippen LogP contribution in [-0.4, -0.2) is 16.3 Å². The van der Waals surface area contributed by atoms with Crippen LogP contribution in [0.25, 0.3) is 0 Å². The molecule has 1 aromatic rings. The van der Waals surface area contributed by atoms with Crippen LogP contribution in [0, 0.1) is 0 Å². The van der Waals surface area contributed by atoms with Gasteiger partial charge in [0, 0.05) is 18.3 Å². The SMILES string of the molecule is CC.CC(C)c1cc(C(F)(F)F)cn(CCO)c1=O. The van der Waals surface area contributed by atoms with Gasteiger partial charge in [0.25, 0.3) is 5.56 Å². The Hall–Kier alpha value is -1.30. The Labute approximate surface area is 110 Å². The van der Waals surface area contributed by atoms with Gasteiger partial charge in [-0.05, 0) is 12.0 Å². The lowest BCUT2D eigenvalue weighted by Crippen LogP contribution is -2.27. The molecule has 0 amide bonds. The van der Waals surface area contributed by atoms with Gasteiger partial charge in [-0.3, -0.25) is 4.79 Å². The second-order valence-electron chi connectivity index (χ2n) is 4.06. The molecule has 6 heteroatoms. The average Bonchev–Trinajstić information content (AvgIpc) is 2.32. The molecule has 0 saturated carbocycles. The molecule has 110 valence electrons. The number of rotatable bonds is 3. The molecule has 1 heterocycles. The zero-order valence-corrected chi connectivity index (χ0v) is 11.6. The van der Waals surface area contributed by atoms with E-state index in [1.54, 1.807) is 13.8 Å². The Morgan fingerprint density at radius 3 is 2.21 bits per heavy atom. The molecular weight excluding hydrogens is 259 g/mol. The summed E-state index contributed by atoms with van der Waals surface area (Å²) in [6.07, 6.45) is -3.75. The lowest BCUT2D eigenvalue weighted by atomic mass is 10.0. The minimum atomic E-state index is -4.49. The van der Waals surface area contributed by atoms with Gasteiger partial charge in [-0.25, -0.2) is 0 Å². The maximum absolute atomic E-state index is 12.6. The van der Waals surface area contributed by atoms with E-state index in [4.69, 9.17) is 5.11 Å². The highest BCUT2D eigenvalue weighted by atomic mass is 19.4. The van der Waals surface area contributed by atoms with Gasteiger partial charge in [0.1, 0.15) is 0 Å². The van der Waals surface area contributed by atoms with Crippen LogP contribution in [0.4, 0.5) is 13.2 Å². The number of aliphatic hydroxyl groups is 1. The summed E-state index contributed by atoms with van der Waals surface area (Å²) in [6, 6.07) is 0.876. The second-order valence-corrected chi connectivity index (χ2v) is 4.06. The molecule has 0 aliphatic carbocycles. The van der Waals surface area contributed by atoms with Crippen molar-refractivity contribution in [2.24, 2.45) is 0 Å². The van der Waals surface area contributed by atoms with Crippen molar-refractivity contribution in [3.8, 4) is 0 Å². The van der Waals surface area contributed by atoms with E-state index in [1.165, 1.54) is 0 Å². The molecule has 19 heavy (non-hydrogen) atoms. The molecule has 0 aromatic carbocycles. The van der Waals surface area contributed by atoms with E-state index in [0.717, 1.165) is 16.8 Å². The van der Waals surface area contributed by atoms with Crippen molar-refractivity contribution in [1.29, 1.82) is 0 Å². The van der Waals surface area contributed by atoms with Crippen LogP contribution < -0.4 is 5.56 Å². The molecular formula is C13H20F3NO2. The molecule has 0 unspecified atom stereocenters. The summed E-state index contributed by atoms with van der Waals surface area (Å²) in [5.41, 5.74) is -1.25. The first-order chi connectivity index (χ1) is 8.77. The Kier molecular flexibility index (Phi) is 6.83. The summed E-state index contributed by atoms with van der Waals surface area (Å²) >= 11 is 0. The average molecular weight is 279 g/mol. The van der Waals surface area contributed by atoms with Crippen molar-refractivity contribution in [1.82, 2.24) is 4.57 Å². The molecule has 0 radical (unpaired) electrons. The molecule has 0 bridgehead atoms. The van der Waals surface area contributed by atoms with Crippen molar-refractivity contribution < 1.29 is 18.3 Å². The Balaban J connectivity index is 0.00000154. The van der Waals surface area contributed by atoms with Gasteiger partial charge in [0.2, 0.25) is 0 Å². The highest BCUT2D eigenvalue weighted by molar-refractivity contribution is 5.24. The summed E-state index contributed by atoms with van der Waals surface area (Å²) in [5, 5.41) is 8.73. The predicted molar refractivity (Wildman–Crippen MR) is 68.2 cm³/mol. The van der Waals surface area contributed by atoms with Crippen molar-refractivity contribution in [3.05, 3.63) is 33.7 Å².